The van der Waals surface area contributed by atoms with Crippen molar-refractivity contribution in [1.82, 2.24) is 14.5 Å². The van der Waals surface area contributed by atoms with Gasteiger partial charge in [-0.15, -0.1) is 0 Å². The van der Waals surface area contributed by atoms with Crippen molar-refractivity contribution in [2.24, 2.45) is 0 Å². The number of nitrogens with one attached hydrogen (secondary N) is 1. The van der Waals surface area contributed by atoms with E-state index in [4.69, 9.17) is 4.42 Å². The normalized spacial score (nSPS) is 26.9. The molecule has 2 atom stereocenters. The summed E-state index contributed by atoms with van der Waals surface area (Å²) in [5.41, 5.74) is 0. The number of sulfonamides is 1. The fourth-order valence-electron chi connectivity index (χ4n) is 3.27. The smallest absolute Gasteiger partial charge is 0.287 e. The van der Waals surface area contributed by atoms with Gasteiger partial charge in [-0.1, -0.05) is 6.92 Å². The number of rotatable bonds is 4. The summed E-state index contributed by atoms with van der Waals surface area (Å²) in [6.45, 7) is 2.80. The molecule has 0 spiro atoms. The van der Waals surface area contributed by atoms with Crippen LogP contribution in [0.5, 0.6) is 0 Å². The van der Waals surface area contributed by atoms with Crippen LogP contribution in [0.1, 0.15) is 30.3 Å². The van der Waals surface area contributed by atoms with Crippen LogP contribution < -0.4 is 5.32 Å². The molecule has 2 aliphatic rings. The zero-order valence-electron chi connectivity index (χ0n) is 13.5. The Morgan fingerprint density at radius 1 is 1.46 bits per heavy atom. The predicted molar refractivity (Wildman–Crippen MR) is 85.7 cm³/mol. The molecule has 2 saturated heterocycles. The Labute approximate surface area is 140 Å². The van der Waals surface area contributed by atoms with Gasteiger partial charge in [0.25, 0.3) is 11.8 Å². The van der Waals surface area contributed by atoms with Crippen molar-refractivity contribution in [2.45, 2.75) is 31.8 Å². The number of nitrogens with zero attached hydrogens (tertiary/aromatic N) is 2. The average Bonchev–Trinajstić information content (AvgIpc) is 3.17. The average molecular weight is 355 g/mol. The Hall–Kier alpha value is -1.87. The van der Waals surface area contributed by atoms with E-state index in [1.165, 1.54) is 6.26 Å². The van der Waals surface area contributed by atoms with Gasteiger partial charge in [0, 0.05) is 25.7 Å². The van der Waals surface area contributed by atoms with Gasteiger partial charge in [0.2, 0.25) is 10.0 Å². The van der Waals surface area contributed by atoms with Crippen LogP contribution in [-0.2, 0) is 14.8 Å². The van der Waals surface area contributed by atoms with Crippen molar-refractivity contribution in [3.05, 3.63) is 24.2 Å². The zero-order valence-corrected chi connectivity index (χ0v) is 14.3. The molecule has 132 valence electrons. The van der Waals surface area contributed by atoms with E-state index in [0.29, 0.717) is 25.9 Å². The number of hydrogen-bond acceptors (Lipinski definition) is 6. The van der Waals surface area contributed by atoms with Crippen molar-refractivity contribution in [3.63, 3.8) is 0 Å². The Morgan fingerprint density at radius 3 is 2.92 bits per heavy atom. The van der Waals surface area contributed by atoms with E-state index in [0.717, 1.165) is 4.31 Å². The van der Waals surface area contributed by atoms with Gasteiger partial charge in [0.15, 0.2) is 5.76 Å². The highest BCUT2D eigenvalue weighted by Crippen LogP contribution is 2.25. The van der Waals surface area contributed by atoms with Crippen molar-refractivity contribution in [3.8, 4) is 0 Å². The third-order valence-electron chi connectivity index (χ3n) is 4.41. The molecular weight excluding hydrogens is 334 g/mol. The van der Waals surface area contributed by atoms with Crippen LogP contribution in [-0.4, -0.2) is 66.9 Å². The number of fused-ring (bicyclic) bond motifs is 1. The number of hydrogen-bond donors (Lipinski definition) is 1. The summed E-state index contributed by atoms with van der Waals surface area (Å²) < 4.78 is 30.6. The maximum Gasteiger partial charge on any atom is 0.287 e. The minimum absolute atomic E-state index is 0.0753. The van der Waals surface area contributed by atoms with E-state index in [-0.39, 0.29) is 35.9 Å². The summed E-state index contributed by atoms with van der Waals surface area (Å²) >= 11 is 0. The van der Waals surface area contributed by atoms with Crippen LogP contribution in [0.2, 0.25) is 0 Å². The molecule has 0 aromatic carbocycles. The van der Waals surface area contributed by atoms with Crippen molar-refractivity contribution in [1.29, 1.82) is 0 Å². The Bertz CT molecular complexity index is 715. The topological polar surface area (TPSA) is 99.9 Å². The maximum absolute atomic E-state index is 12.7. The molecule has 9 heteroatoms. The lowest BCUT2D eigenvalue weighted by molar-refractivity contribution is -0.130. The minimum atomic E-state index is -3.55. The second kappa shape index (κ2) is 6.56. The zero-order chi connectivity index (χ0) is 17.3. The van der Waals surface area contributed by atoms with Crippen molar-refractivity contribution in [2.75, 3.05) is 25.4 Å². The van der Waals surface area contributed by atoms with Crippen LogP contribution in [0, 0.1) is 0 Å². The molecule has 0 radical (unpaired) electrons. The van der Waals surface area contributed by atoms with E-state index in [1.54, 1.807) is 12.1 Å². The van der Waals surface area contributed by atoms with Gasteiger partial charge in [-0.05, 0) is 25.0 Å². The van der Waals surface area contributed by atoms with Gasteiger partial charge in [0.1, 0.15) is 0 Å². The molecule has 0 unspecified atom stereocenters. The van der Waals surface area contributed by atoms with Gasteiger partial charge < -0.3 is 9.73 Å². The second-order valence-corrected chi connectivity index (χ2v) is 8.13. The first kappa shape index (κ1) is 17.0. The standard InChI is InChI=1S/C15H21N3O5S/c1-2-5-18-15(20)12-9-11(10-17(12)6-8-24(18,21)22)16-14(19)13-4-3-7-23-13/h3-4,7,11-12H,2,5-6,8-10H2,1H3,(H,16,19)/t11-,12-/m0/s1. The molecule has 1 N–H and O–H groups in total. The van der Waals surface area contributed by atoms with E-state index in [9.17, 15) is 18.0 Å². The second-order valence-electron chi connectivity index (χ2n) is 6.12. The monoisotopic (exact) mass is 355 g/mol. The van der Waals surface area contributed by atoms with Crippen LogP contribution in [0.15, 0.2) is 22.8 Å². The Kier molecular flexibility index (Phi) is 4.64. The fraction of sp³-hybridized carbons (Fsp3) is 0.600. The summed E-state index contributed by atoms with van der Waals surface area (Å²) in [4.78, 5) is 26.6. The van der Waals surface area contributed by atoms with Gasteiger partial charge in [-0.25, -0.2) is 12.7 Å². The quantitative estimate of drug-likeness (QED) is 0.818. The van der Waals surface area contributed by atoms with Crippen LogP contribution >= 0.6 is 0 Å². The highest BCUT2D eigenvalue weighted by molar-refractivity contribution is 7.89. The number of amides is 2. The molecule has 2 fully saturated rings. The molecule has 3 rings (SSSR count). The predicted octanol–water partition coefficient (Wildman–Crippen LogP) is 0.0343. The first-order valence-corrected chi connectivity index (χ1v) is 9.66. The number of carbonyl (C=O) groups excluding carboxylic acids is 2. The first-order chi connectivity index (χ1) is 11.4. The SMILES string of the molecule is CCCN1C(=O)[C@@H]2C[C@H](NC(=O)c3ccco3)CN2CCS1(=O)=O. The van der Waals surface area contributed by atoms with E-state index < -0.39 is 16.1 Å². The lowest BCUT2D eigenvalue weighted by atomic mass is 10.1. The fourth-order valence-corrected chi connectivity index (χ4v) is 4.82. The number of furan rings is 1. The van der Waals surface area contributed by atoms with Gasteiger partial charge in [-0.2, -0.15) is 0 Å². The summed E-state index contributed by atoms with van der Waals surface area (Å²) in [6, 6.07) is 2.49. The first-order valence-electron chi connectivity index (χ1n) is 8.05. The molecule has 3 heterocycles. The molecule has 2 aliphatic heterocycles. The Morgan fingerprint density at radius 2 is 2.25 bits per heavy atom. The third kappa shape index (κ3) is 3.18. The summed E-state index contributed by atoms with van der Waals surface area (Å²) in [6.07, 6.45) is 2.41. The van der Waals surface area contributed by atoms with Crippen LogP contribution in [0.3, 0.4) is 0 Å². The molecule has 0 saturated carbocycles. The van der Waals surface area contributed by atoms with E-state index in [1.807, 2.05) is 11.8 Å². The molecule has 2 amide bonds. The summed E-state index contributed by atoms with van der Waals surface area (Å²) in [5, 5.41) is 2.85. The highest BCUT2D eigenvalue weighted by Gasteiger charge is 2.45. The minimum Gasteiger partial charge on any atom is -0.459 e. The molecule has 0 bridgehead atoms. The Balaban J connectivity index is 1.71. The van der Waals surface area contributed by atoms with Crippen molar-refractivity contribution >= 4 is 21.8 Å². The molecule has 24 heavy (non-hydrogen) atoms. The van der Waals surface area contributed by atoms with Gasteiger partial charge in [-0.3, -0.25) is 14.5 Å². The molecular formula is C15H21N3O5S. The molecule has 1 aromatic heterocycles. The van der Waals surface area contributed by atoms with Crippen molar-refractivity contribution < 1.29 is 22.4 Å². The summed E-state index contributed by atoms with van der Waals surface area (Å²) in [5.74, 6) is -0.565. The van der Waals surface area contributed by atoms with E-state index in [2.05, 4.69) is 5.32 Å². The largest absolute Gasteiger partial charge is 0.459 e. The van der Waals surface area contributed by atoms with Crippen LogP contribution in [0.25, 0.3) is 0 Å². The van der Waals surface area contributed by atoms with Gasteiger partial charge >= 0.3 is 0 Å². The van der Waals surface area contributed by atoms with E-state index >= 15 is 0 Å². The lowest BCUT2D eigenvalue weighted by Gasteiger charge is -2.23. The molecule has 1 aromatic rings. The number of carbonyl (C=O) groups is 2. The van der Waals surface area contributed by atoms with Gasteiger partial charge in [0.05, 0.1) is 18.1 Å². The maximum atomic E-state index is 12.7. The lowest BCUT2D eigenvalue weighted by Crippen LogP contribution is -2.44. The third-order valence-corrected chi connectivity index (χ3v) is 6.15. The summed E-state index contributed by atoms with van der Waals surface area (Å²) in [7, 11) is -3.55. The van der Waals surface area contributed by atoms with Crippen LogP contribution in [0.4, 0.5) is 0 Å². The highest BCUT2D eigenvalue weighted by atomic mass is 32.2. The molecule has 8 nitrogen and oxygen atoms in total. The molecule has 0 aliphatic carbocycles.